The predicted octanol–water partition coefficient (Wildman–Crippen LogP) is 2.15. The van der Waals surface area contributed by atoms with Gasteiger partial charge >= 0.3 is 5.97 Å². The Morgan fingerprint density at radius 3 is 2.72 bits per heavy atom. The van der Waals surface area contributed by atoms with Gasteiger partial charge in [0.25, 0.3) is 11.6 Å². The molecule has 0 spiro atoms. The molecule has 0 saturated carbocycles. The van der Waals surface area contributed by atoms with E-state index in [0.717, 1.165) is 6.42 Å². The summed E-state index contributed by atoms with van der Waals surface area (Å²) in [4.78, 5) is 33.9. The molecule has 0 bridgehead atoms. The highest BCUT2D eigenvalue weighted by molar-refractivity contribution is 5.94. The maximum atomic E-state index is 12.2. The highest BCUT2D eigenvalue weighted by Gasteiger charge is 2.22. The molecule has 0 aliphatic heterocycles. The van der Waals surface area contributed by atoms with Crippen LogP contribution in [-0.4, -0.2) is 37.7 Å². The van der Waals surface area contributed by atoms with E-state index in [0.29, 0.717) is 12.8 Å². The summed E-state index contributed by atoms with van der Waals surface area (Å²) < 4.78 is 1.22. The molecule has 132 valence electrons. The van der Waals surface area contributed by atoms with Crippen LogP contribution in [0.1, 0.15) is 36.7 Å². The van der Waals surface area contributed by atoms with E-state index in [4.69, 9.17) is 5.11 Å². The van der Waals surface area contributed by atoms with Crippen molar-refractivity contribution < 1.29 is 19.6 Å². The number of benzene rings is 1. The Morgan fingerprint density at radius 2 is 2.08 bits per heavy atom. The van der Waals surface area contributed by atoms with Crippen LogP contribution in [0.15, 0.2) is 36.5 Å². The summed E-state index contributed by atoms with van der Waals surface area (Å²) >= 11 is 0. The Balaban J connectivity index is 2.19. The van der Waals surface area contributed by atoms with Crippen molar-refractivity contribution in [2.24, 2.45) is 0 Å². The maximum Gasteiger partial charge on any atom is 0.326 e. The second kappa shape index (κ2) is 8.04. The van der Waals surface area contributed by atoms with Crippen LogP contribution in [0, 0.1) is 10.1 Å². The van der Waals surface area contributed by atoms with E-state index in [1.54, 1.807) is 6.07 Å². The summed E-state index contributed by atoms with van der Waals surface area (Å²) in [5, 5.41) is 26.7. The minimum Gasteiger partial charge on any atom is -0.480 e. The summed E-state index contributed by atoms with van der Waals surface area (Å²) in [5.74, 6) is -1.75. The van der Waals surface area contributed by atoms with Crippen molar-refractivity contribution >= 4 is 17.6 Å². The van der Waals surface area contributed by atoms with E-state index in [1.165, 1.54) is 35.1 Å². The van der Waals surface area contributed by atoms with Gasteiger partial charge in [0.1, 0.15) is 11.7 Å². The summed E-state index contributed by atoms with van der Waals surface area (Å²) in [6.45, 7) is 1.93. The van der Waals surface area contributed by atoms with Crippen molar-refractivity contribution in [1.29, 1.82) is 0 Å². The Labute approximate surface area is 143 Å². The number of unbranched alkanes of at least 4 members (excludes halogenated alkanes) is 1. The fourth-order valence-corrected chi connectivity index (χ4v) is 2.29. The van der Waals surface area contributed by atoms with Crippen LogP contribution in [0.2, 0.25) is 0 Å². The third-order valence-electron chi connectivity index (χ3n) is 3.60. The molecule has 0 aliphatic carbocycles. The number of rotatable bonds is 8. The second-order valence-corrected chi connectivity index (χ2v) is 5.40. The van der Waals surface area contributed by atoms with Gasteiger partial charge in [0.2, 0.25) is 0 Å². The van der Waals surface area contributed by atoms with E-state index >= 15 is 0 Å². The van der Waals surface area contributed by atoms with Gasteiger partial charge in [-0.25, -0.2) is 9.48 Å². The number of nitrogens with zero attached hydrogens (tertiary/aromatic N) is 3. The van der Waals surface area contributed by atoms with E-state index in [-0.39, 0.29) is 17.1 Å². The second-order valence-electron chi connectivity index (χ2n) is 5.40. The van der Waals surface area contributed by atoms with E-state index in [1.807, 2.05) is 6.92 Å². The zero-order valence-electron chi connectivity index (χ0n) is 13.6. The van der Waals surface area contributed by atoms with Crippen LogP contribution in [0.3, 0.4) is 0 Å². The number of aliphatic carboxylic acids is 1. The average Bonchev–Trinajstić information content (AvgIpc) is 3.08. The van der Waals surface area contributed by atoms with Gasteiger partial charge in [-0.15, -0.1) is 0 Å². The topological polar surface area (TPSA) is 127 Å². The predicted molar refractivity (Wildman–Crippen MR) is 88.6 cm³/mol. The minimum absolute atomic E-state index is 0.0131. The monoisotopic (exact) mass is 346 g/mol. The first kappa shape index (κ1) is 18.1. The summed E-state index contributed by atoms with van der Waals surface area (Å²) in [5.41, 5.74) is 0.0529. The Morgan fingerprint density at radius 1 is 1.36 bits per heavy atom. The normalized spacial score (nSPS) is 11.7. The zero-order chi connectivity index (χ0) is 18.4. The first-order valence-corrected chi connectivity index (χ1v) is 7.77. The lowest BCUT2D eigenvalue weighted by Gasteiger charge is -2.12. The standard InChI is InChI=1S/C16H18N4O5/c1-2-3-6-12(16(22)23)17-15(21)11-9-10-19(18-11)13-7-4-5-8-14(13)20(24)25/h4-5,7-10,12H,2-3,6H2,1H3,(H,17,21)(H,22,23)/t12-/m0/s1. The van der Waals surface area contributed by atoms with Crippen LogP contribution in [0.25, 0.3) is 5.69 Å². The number of carbonyl (C=O) groups excluding carboxylic acids is 1. The molecule has 1 heterocycles. The summed E-state index contributed by atoms with van der Waals surface area (Å²) in [6.07, 6.45) is 3.22. The molecule has 2 rings (SSSR count). The first-order chi connectivity index (χ1) is 11.9. The van der Waals surface area contributed by atoms with Gasteiger partial charge in [-0.1, -0.05) is 31.9 Å². The van der Waals surface area contributed by atoms with Crippen molar-refractivity contribution in [1.82, 2.24) is 15.1 Å². The molecular weight excluding hydrogens is 328 g/mol. The molecule has 25 heavy (non-hydrogen) atoms. The third kappa shape index (κ3) is 4.40. The van der Waals surface area contributed by atoms with E-state index in [9.17, 15) is 19.7 Å². The molecule has 9 nitrogen and oxygen atoms in total. The third-order valence-corrected chi connectivity index (χ3v) is 3.60. The molecular formula is C16H18N4O5. The zero-order valence-corrected chi connectivity index (χ0v) is 13.6. The van der Waals surface area contributed by atoms with Crippen LogP contribution >= 0.6 is 0 Å². The van der Waals surface area contributed by atoms with Crippen molar-refractivity contribution in [3.8, 4) is 5.69 Å². The maximum absolute atomic E-state index is 12.2. The van der Waals surface area contributed by atoms with Crippen molar-refractivity contribution in [2.45, 2.75) is 32.2 Å². The fraction of sp³-hybridized carbons (Fsp3) is 0.312. The molecule has 0 fully saturated rings. The molecule has 2 N–H and O–H groups in total. The van der Waals surface area contributed by atoms with Crippen LogP contribution in [-0.2, 0) is 4.79 Å². The number of nitro benzene ring substituents is 1. The number of amides is 1. The molecule has 2 aromatic rings. The van der Waals surface area contributed by atoms with E-state index in [2.05, 4.69) is 10.4 Å². The molecule has 1 amide bonds. The number of para-hydroxylation sites is 2. The SMILES string of the molecule is CCCC[C@H](NC(=O)c1ccn(-c2ccccc2[N+](=O)[O-])n1)C(=O)O. The lowest BCUT2D eigenvalue weighted by atomic mass is 10.1. The highest BCUT2D eigenvalue weighted by atomic mass is 16.6. The van der Waals surface area contributed by atoms with Gasteiger partial charge in [-0.3, -0.25) is 14.9 Å². The van der Waals surface area contributed by atoms with Crippen LogP contribution < -0.4 is 5.32 Å². The lowest BCUT2D eigenvalue weighted by Crippen LogP contribution is -2.40. The smallest absolute Gasteiger partial charge is 0.326 e. The molecule has 0 unspecified atom stereocenters. The molecule has 9 heteroatoms. The quantitative estimate of drug-likeness (QED) is 0.557. The highest BCUT2D eigenvalue weighted by Crippen LogP contribution is 2.21. The van der Waals surface area contributed by atoms with Crippen LogP contribution in [0.5, 0.6) is 0 Å². The minimum atomic E-state index is -1.11. The number of carbonyl (C=O) groups is 2. The summed E-state index contributed by atoms with van der Waals surface area (Å²) in [7, 11) is 0. The number of aromatic nitrogens is 2. The number of carboxylic acids is 1. The van der Waals surface area contributed by atoms with Gasteiger partial charge in [-0.05, 0) is 18.6 Å². The molecule has 0 saturated heterocycles. The van der Waals surface area contributed by atoms with Crippen LogP contribution in [0.4, 0.5) is 5.69 Å². The number of hydrogen-bond acceptors (Lipinski definition) is 5. The Bertz CT molecular complexity index is 786. The van der Waals surface area contributed by atoms with Gasteiger partial charge in [0.15, 0.2) is 5.69 Å². The van der Waals surface area contributed by atoms with Gasteiger partial charge in [0, 0.05) is 12.3 Å². The molecule has 0 aliphatic rings. The molecule has 0 radical (unpaired) electrons. The number of carboxylic acid groups (broad SMARTS) is 1. The first-order valence-electron chi connectivity index (χ1n) is 7.77. The van der Waals surface area contributed by atoms with Crippen molar-refractivity contribution in [2.75, 3.05) is 0 Å². The summed E-state index contributed by atoms with van der Waals surface area (Å²) in [6, 6.07) is 6.38. The van der Waals surface area contributed by atoms with Gasteiger partial charge < -0.3 is 10.4 Å². The number of nitro groups is 1. The van der Waals surface area contributed by atoms with Crippen molar-refractivity contribution in [3.05, 3.63) is 52.3 Å². The molecule has 1 aromatic carbocycles. The average molecular weight is 346 g/mol. The Hall–Kier alpha value is -3.23. The number of hydrogen-bond donors (Lipinski definition) is 2. The van der Waals surface area contributed by atoms with Gasteiger partial charge in [-0.2, -0.15) is 5.10 Å². The largest absolute Gasteiger partial charge is 0.480 e. The molecule has 1 atom stereocenters. The number of nitrogens with one attached hydrogen (secondary N) is 1. The Kier molecular flexibility index (Phi) is 5.83. The van der Waals surface area contributed by atoms with Crippen molar-refractivity contribution in [3.63, 3.8) is 0 Å². The fourth-order valence-electron chi connectivity index (χ4n) is 2.29. The van der Waals surface area contributed by atoms with Gasteiger partial charge in [0.05, 0.1) is 4.92 Å². The molecule has 1 aromatic heterocycles. The van der Waals surface area contributed by atoms with E-state index < -0.39 is 22.8 Å². The lowest BCUT2D eigenvalue weighted by molar-refractivity contribution is -0.384.